The lowest BCUT2D eigenvalue weighted by molar-refractivity contribution is -0.385. The first-order valence-corrected chi connectivity index (χ1v) is 5.73. The minimum absolute atomic E-state index is 0.334. The Labute approximate surface area is 112 Å². The first-order chi connectivity index (χ1) is 8.72. The molecule has 0 aromatic heterocycles. The molecular formula is C10H4BrF3N2O3. The average molecular weight is 337 g/mol. The van der Waals surface area contributed by atoms with Crippen LogP contribution in [0, 0.1) is 21.4 Å². The number of hydrogen-bond acceptors (Lipinski definition) is 4. The summed E-state index contributed by atoms with van der Waals surface area (Å²) in [7, 11) is 0. The summed E-state index contributed by atoms with van der Waals surface area (Å²) >= 11 is 2.73. The molecule has 0 aliphatic heterocycles. The van der Waals surface area contributed by atoms with E-state index in [9.17, 15) is 28.1 Å². The largest absolute Gasteiger partial charge is 0.417 e. The third-order valence-corrected chi connectivity index (χ3v) is 2.69. The fraction of sp³-hybridized carbons (Fsp3) is 0.200. The highest BCUT2D eigenvalue weighted by molar-refractivity contribution is 9.09. The molecule has 0 aliphatic carbocycles. The van der Waals surface area contributed by atoms with Crippen molar-refractivity contribution in [3.8, 4) is 6.07 Å². The zero-order valence-electron chi connectivity index (χ0n) is 8.99. The maximum Gasteiger partial charge on any atom is 0.417 e. The molecule has 0 bridgehead atoms. The third kappa shape index (κ3) is 3.08. The summed E-state index contributed by atoms with van der Waals surface area (Å²) in [6.45, 7) is 0. The standard InChI is InChI=1S/C10H4BrF3N2O3/c11-3-9(17)6-2-7(10(12,13)14)5(4-15)1-8(6)16(18)19/h1-2H,3H2. The van der Waals surface area contributed by atoms with Crippen LogP contribution in [0.5, 0.6) is 0 Å². The monoisotopic (exact) mass is 336 g/mol. The van der Waals surface area contributed by atoms with Gasteiger partial charge in [-0.15, -0.1) is 0 Å². The number of rotatable bonds is 3. The van der Waals surface area contributed by atoms with Crippen LogP contribution in [0.2, 0.25) is 0 Å². The smallest absolute Gasteiger partial charge is 0.293 e. The van der Waals surface area contributed by atoms with Crippen molar-refractivity contribution in [2.45, 2.75) is 6.18 Å². The van der Waals surface area contributed by atoms with Crippen LogP contribution in [0.25, 0.3) is 0 Å². The van der Waals surface area contributed by atoms with Crippen LogP contribution in [0.15, 0.2) is 12.1 Å². The van der Waals surface area contributed by atoms with E-state index >= 15 is 0 Å². The molecule has 0 aliphatic rings. The third-order valence-electron chi connectivity index (χ3n) is 2.18. The van der Waals surface area contributed by atoms with E-state index in [0.717, 1.165) is 0 Å². The summed E-state index contributed by atoms with van der Waals surface area (Å²) in [6.07, 6.45) is -4.87. The van der Waals surface area contributed by atoms with Gasteiger partial charge < -0.3 is 0 Å². The molecule has 0 atom stereocenters. The second-order valence-electron chi connectivity index (χ2n) is 3.34. The van der Waals surface area contributed by atoms with Gasteiger partial charge in [-0.3, -0.25) is 14.9 Å². The van der Waals surface area contributed by atoms with Gasteiger partial charge in [0.25, 0.3) is 5.69 Å². The molecule has 1 aromatic carbocycles. The number of carbonyl (C=O) groups is 1. The summed E-state index contributed by atoms with van der Waals surface area (Å²) in [4.78, 5) is 21.1. The molecule has 9 heteroatoms. The van der Waals surface area contributed by atoms with Gasteiger partial charge in [0.15, 0.2) is 5.78 Å². The molecule has 0 spiro atoms. The van der Waals surface area contributed by atoms with E-state index < -0.39 is 39.3 Å². The van der Waals surface area contributed by atoms with E-state index in [1.165, 1.54) is 6.07 Å². The highest BCUT2D eigenvalue weighted by Gasteiger charge is 2.37. The van der Waals surface area contributed by atoms with Gasteiger partial charge in [-0.25, -0.2) is 0 Å². The summed E-state index contributed by atoms with van der Waals surface area (Å²) in [5.74, 6) is -0.873. The molecule has 0 radical (unpaired) electrons. The Hall–Kier alpha value is -1.95. The number of ketones is 1. The molecule has 0 saturated carbocycles. The highest BCUT2D eigenvalue weighted by atomic mass is 79.9. The Kier molecular flexibility index (Phi) is 4.26. The molecule has 0 amide bonds. The van der Waals surface area contributed by atoms with Gasteiger partial charge in [0, 0.05) is 6.07 Å². The van der Waals surface area contributed by atoms with E-state index in [1.807, 2.05) is 0 Å². The van der Waals surface area contributed by atoms with Gasteiger partial charge in [-0.1, -0.05) is 15.9 Å². The fourth-order valence-corrected chi connectivity index (χ4v) is 1.66. The molecule has 5 nitrogen and oxygen atoms in total. The van der Waals surface area contributed by atoms with Crippen LogP contribution in [-0.2, 0) is 6.18 Å². The van der Waals surface area contributed by atoms with Gasteiger partial charge >= 0.3 is 6.18 Å². The minimum atomic E-state index is -4.87. The summed E-state index contributed by atoms with van der Waals surface area (Å²) in [5.41, 5.74) is -3.78. The number of benzene rings is 1. The van der Waals surface area contributed by atoms with E-state index in [2.05, 4.69) is 15.9 Å². The number of nitro groups is 1. The first kappa shape index (κ1) is 15.1. The fourth-order valence-electron chi connectivity index (χ4n) is 1.36. The SMILES string of the molecule is N#Cc1cc([N+](=O)[O-])c(C(=O)CBr)cc1C(F)(F)F. The van der Waals surface area contributed by atoms with Crippen molar-refractivity contribution in [3.63, 3.8) is 0 Å². The number of nitro benzene ring substituents is 1. The lowest BCUT2D eigenvalue weighted by atomic mass is 10.00. The number of hydrogen-bond donors (Lipinski definition) is 0. The van der Waals surface area contributed by atoms with Crippen molar-refractivity contribution in [2.24, 2.45) is 0 Å². The summed E-state index contributed by atoms with van der Waals surface area (Å²) in [5, 5.41) is 19.0. The van der Waals surface area contributed by atoms with Crippen LogP contribution in [0.4, 0.5) is 18.9 Å². The zero-order chi connectivity index (χ0) is 14.8. The Morgan fingerprint density at radius 2 is 2.05 bits per heavy atom. The molecule has 0 fully saturated rings. The Morgan fingerprint density at radius 3 is 2.42 bits per heavy atom. The zero-order valence-corrected chi connectivity index (χ0v) is 10.6. The first-order valence-electron chi connectivity index (χ1n) is 4.61. The normalized spacial score (nSPS) is 10.9. The Morgan fingerprint density at radius 1 is 1.47 bits per heavy atom. The van der Waals surface area contributed by atoms with Crippen LogP contribution in [0.3, 0.4) is 0 Å². The van der Waals surface area contributed by atoms with E-state index in [0.29, 0.717) is 12.1 Å². The van der Waals surface area contributed by atoms with E-state index in [4.69, 9.17) is 5.26 Å². The van der Waals surface area contributed by atoms with Crippen molar-refractivity contribution >= 4 is 27.4 Å². The van der Waals surface area contributed by atoms with Crippen molar-refractivity contribution < 1.29 is 22.9 Å². The quantitative estimate of drug-likeness (QED) is 0.367. The number of halogens is 4. The Bertz CT molecular complexity index is 593. The van der Waals surface area contributed by atoms with Crippen molar-refractivity contribution in [3.05, 3.63) is 38.9 Å². The van der Waals surface area contributed by atoms with Gasteiger partial charge in [0.05, 0.1) is 26.9 Å². The lowest BCUT2D eigenvalue weighted by Gasteiger charge is -2.10. The maximum absolute atomic E-state index is 12.7. The maximum atomic E-state index is 12.7. The van der Waals surface area contributed by atoms with E-state index in [1.54, 1.807) is 0 Å². The molecule has 0 saturated heterocycles. The second kappa shape index (κ2) is 5.36. The highest BCUT2D eigenvalue weighted by Crippen LogP contribution is 2.35. The number of alkyl halides is 4. The molecule has 0 N–H and O–H groups in total. The molecule has 0 heterocycles. The predicted octanol–water partition coefficient (Wildman–Crippen LogP) is 3.06. The van der Waals surface area contributed by atoms with Gasteiger partial charge in [0.1, 0.15) is 6.07 Å². The molecule has 1 aromatic rings. The molecular weight excluding hydrogens is 333 g/mol. The minimum Gasteiger partial charge on any atom is -0.293 e. The number of carbonyl (C=O) groups excluding carboxylic acids is 1. The molecule has 19 heavy (non-hydrogen) atoms. The van der Waals surface area contributed by atoms with Crippen LogP contribution < -0.4 is 0 Å². The van der Waals surface area contributed by atoms with Crippen LogP contribution >= 0.6 is 15.9 Å². The Balaban J connectivity index is 3.68. The van der Waals surface area contributed by atoms with Gasteiger partial charge in [0.2, 0.25) is 0 Å². The molecule has 0 unspecified atom stereocenters. The van der Waals surface area contributed by atoms with E-state index in [-0.39, 0.29) is 5.33 Å². The van der Waals surface area contributed by atoms with Crippen molar-refractivity contribution in [1.82, 2.24) is 0 Å². The lowest BCUT2D eigenvalue weighted by Crippen LogP contribution is -2.13. The van der Waals surface area contributed by atoms with Crippen molar-refractivity contribution in [1.29, 1.82) is 5.26 Å². The second-order valence-corrected chi connectivity index (χ2v) is 3.90. The predicted molar refractivity (Wildman–Crippen MR) is 60.9 cm³/mol. The van der Waals surface area contributed by atoms with Crippen molar-refractivity contribution in [2.75, 3.05) is 5.33 Å². The molecule has 1 rings (SSSR count). The number of Topliss-reactive ketones (excluding diaryl/α,β-unsaturated/α-hetero) is 1. The van der Waals surface area contributed by atoms with Crippen LogP contribution in [0.1, 0.15) is 21.5 Å². The van der Waals surface area contributed by atoms with Gasteiger partial charge in [-0.05, 0) is 6.07 Å². The topological polar surface area (TPSA) is 84.0 Å². The summed E-state index contributed by atoms with van der Waals surface area (Å²) < 4.78 is 38.0. The van der Waals surface area contributed by atoms with Crippen LogP contribution in [-0.4, -0.2) is 16.0 Å². The number of nitrogens with zero attached hydrogens (tertiary/aromatic N) is 2. The average Bonchev–Trinajstić information content (AvgIpc) is 2.34. The molecule has 100 valence electrons. The summed E-state index contributed by atoms with van der Waals surface area (Å²) in [6, 6.07) is 2.02. The number of nitriles is 1. The van der Waals surface area contributed by atoms with Gasteiger partial charge in [-0.2, -0.15) is 18.4 Å².